The van der Waals surface area contributed by atoms with E-state index in [1.807, 2.05) is 13.8 Å². The number of nitrogens with one attached hydrogen (secondary N) is 2. The minimum Gasteiger partial charge on any atom is -0.481 e. The maximum Gasteiger partial charge on any atom is 0.261 e. The number of carbonyl (C=O) groups is 1. The molecule has 2 N–H and O–H groups in total. The number of amides is 1. The Balaban J connectivity index is 1.63. The first-order valence-electron chi connectivity index (χ1n) is 9.21. The highest BCUT2D eigenvalue weighted by molar-refractivity contribution is 7.92. The van der Waals surface area contributed by atoms with Crippen LogP contribution in [0.25, 0.3) is 0 Å². The van der Waals surface area contributed by atoms with Gasteiger partial charge in [-0.2, -0.15) is 0 Å². The molecule has 1 aliphatic heterocycles. The minimum absolute atomic E-state index is 0.0689. The lowest BCUT2D eigenvalue weighted by molar-refractivity contribution is -0.127. The molecule has 2 aromatic rings. The lowest BCUT2D eigenvalue weighted by atomic mass is 10.2. The number of anilines is 1. The zero-order valence-corrected chi connectivity index (χ0v) is 17.3. The van der Waals surface area contributed by atoms with Crippen molar-refractivity contribution in [1.82, 2.24) is 5.32 Å². The minimum atomic E-state index is -3.79. The summed E-state index contributed by atoms with van der Waals surface area (Å²) in [5.74, 6) is 1.58. The van der Waals surface area contributed by atoms with Crippen LogP contribution in [0.3, 0.4) is 0 Å². The van der Waals surface area contributed by atoms with Gasteiger partial charge in [-0.3, -0.25) is 9.52 Å². The molecule has 0 fully saturated rings. The van der Waals surface area contributed by atoms with Gasteiger partial charge in [0.15, 0.2) is 17.6 Å². The summed E-state index contributed by atoms with van der Waals surface area (Å²) >= 11 is 0. The molecule has 0 bridgehead atoms. The normalized spacial score (nSPS) is 13.8. The average Bonchev–Trinajstić information content (AvgIpc) is 3.14. The molecule has 1 aliphatic rings. The summed E-state index contributed by atoms with van der Waals surface area (Å²) in [5, 5.41) is 2.79. The molecule has 0 aromatic heterocycles. The van der Waals surface area contributed by atoms with Gasteiger partial charge in [0, 0.05) is 12.6 Å². The number of fused-ring (bicyclic) bond motifs is 1. The largest absolute Gasteiger partial charge is 0.481 e. The van der Waals surface area contributed by atoms with Crippen LogP contribution < -0.4 is 24.2 Å². The van der Waals surface area contributed by atoms with Gasteiger partial charge in [0.05, 0.1) is 10.6 Å². The Bertz CT molecular complexity index is 973. The van der Waals surface area contributed by atoms with Crippen LogP contribution in [0.1, 0.15) is 20.8 Å². The van der Waals surface area contributed by atoms with E-state index in [0.717, 1.165) is 0 Å². The first-order valence-corrected chi connectivity index (χ1v) is 10.7. The molecular formula is C20H24N2O6S. The first-order chi connectivity index (χ1) is 13.7. The smallest absolute Gasteiger partial charge is 0.261 e. The monoisotopic (exact) mass is 420 g/mol. The molecule has 1 heterocycles. The first kappa shape index (κ1) is 20.8. The summed E-state index contributed by atoms with van der Waals surface area (Å²) in [7, 11) is -3.79. The fraction of sp³-hybridized carbons (Fsp3) is 0.350. The second-order valence-corrected chi connectivity index (χ2v) is 8.73. The van der Waals surface area contributed by atoms with E-state index in [4.69, 9.17) is 14.2 Å². The molecule has 8 nitrogen and oxygen atoms in total. The predicted octanol–water partition coefficient (Wildman–Crippen LogP) is 2.76. The van der Waals surface area contributed by atoms with Gasteiger partial charge in [0.1, 0.15) is 5.75 Å². The summed E-state index contributed by atoms with van der Waals surface area (Å²) in [6.45, 7) is 6.32. The molecule has 0 spiro atoms. The summed E-state index contributed by atoms with van der Waals surface area (Å²) in [4.78, 5) is 12.1. The molecule has 2 aromatic carbocycles. The van der Waals surface area contributed by atoms with Crippen molar-refractivity contribution < 1.29 is 27.4 Å². The van der Waals surface area contributed by atoms with Crippen molar-refractivity contribution in [2.75, 3.05) is 18.1 Å². The second-order valence-electron chi connectivity index (χ2n) is 7.04. The predicted molar refractivity (Wildman–Crippen MR) is 108 cm³/mol. The Morgan fingerprint density at radius 3 is 2.45 bits per heavy atom. The molecule has 0 saturated carbocycles. The topological polar surface area (TPSA) is 103 Å². The maximum absolute atomic E-state index is 12.6. The van der Waals surface area contributed by atoms with Crippen LogP contribution >= 0.6 is 0 Å². The standard InChI is InChI=1S/C20H24N2O6S/c1-13(2)11-21-20(23)14(3)28-16-5-7-17(8-6-16)29(24,25)22-15-4-9-18-19(10-15)27-12-26-18/h4-10,13-14,22H,11-12H2,1-3H3,(H,21,23)/t14-/m1/s1. The molecule has 1 atom stereocenters. The summed E-state index contributed by atoms with van der Waals surface area (Å²) in [5.41, 5.74) is 0.366. The van der Waals surface area contributed by atoms with Gasteiger partial charge in [0.25, 0.3) is 15.9 Å². The lowest BCUT2D eigenvalue weighted by Crippen LogP contribution is -2.38. The van der Waals surface area contributed by atoms with Crippen LogP contribution in [-0.4, -0.2) is 33.8 Å². The lowest BCUT2D eigenvalue weighted by Gasteiger charge is -2.16. The Morgan fingerprint density at radius 1 is 1.07 bits per heavy atom. The third-order valence-electron chi connectivity index (χ3n) is 4.13. The Kier molecular flexibility index (Phi) is 6.17. The molecular weight excluding hydrogens is 396 g/mol. The van der Waals surface area contributed by atoms with Crippen LogP contribution in [-0.2, 0) is 14.8 Å². The molecule has 29 heavy (non-hydrogen) atoms. The van der Waals surface area contributed by atoms with Gasteiger partial charge in [-0.1, -0.05) is 13.8 Å². The fourth-order valence-electron chi connectivity index (χ4n) is 2.58. The number of rotatable bonds is 8. The number of benzene rings is 2. The van der Waals surface area contributed by atoms with Gasteiger partial charge >= 0.3 is 0 Å². The van der Waals surface area contributed by atoms with Crippen LogP contribution in [0, 0.1) is 5.92 Å². The third-order valence-corrected chi connectivity index (χ3v) is 5.52. The number of ether oxygens (including phenoxy) is 3. The van der Waals surface area contributed by atoms with E-state index in [9.17, 15) is 13.2 Å². The van der Waals surface area contributed by atoms with Crippen molar-refractivity contribution >= 4 is 21.6 Å². The second kappa shape index (κ2) is 8.60. The van der Waals surface area contributed by atoms with Crippen molar-refractivity contribution in [2.45, 2.75) is 31.8 Å². The molecule has 156 valence electrons. The number of hydrogen-bond donors (Lipinski definition) is 2. The van der Waals surface area contributed by atoms with Gasteiger partial charge in [-0.15, -0.1) is 0 Å². The maximum atomic E-state index is 12.6. The Morgan fingerprint density at radius 2 is 1.76 bits per heavy atom. The highest BCUT2D eigenvalue weighted by atomic mass is 32.2. The van der Waals surface area contributed by atoms with E-state index < -0.39 is 16.1 Å². The Labute approximate surface area is 170 Å². The summed E-state index contributed by atoms with van der Waals surface area (Å²) in [6.07, 6.45) is -0.692. The van der Waals surface area contributed by atoms with Crippen molar-refractivity contribution in [3.05, 3.63) is 42.5 Å². The van der Waals surface area contributed by atoms with Crippen molar-refractivity contribution in [1.29, 1.82) is 0 Å². The zero-order valence-electron chi connectivity index (χ0n) is 16.5. The molecule has 0 saturated heterocycles. The molecule has 0 radical (unpaired) electrons. The van der Waals surface area contributed by atoms with Crippen molar-refractivity contribution in [3.8, 4) is 17.2 Å². The van der Waals surface area contributed by atoms with Crippen molar-refractivity contribution in [2.24, 2.45) is 5.92 Å². The van der Waals surface area contributed by atoms with Crippen LogP contribution in [0.4, 0.5) is 5.69 Å². The van der Waals surface area contributed by atoms with Gasteiger partial charge in [-0.05, 0) is 49.2 Å². The van der Waals surface area contributed by atoms with Crippen LogP contribution in [0.2, 0.25) is 0 Å². The van der Waals surface area contributed by atoms with E-state index in [-0.39, 0.29) is 17.6 Å². The quantitative estimate of drug-likeness (QED) is 0.681. The van der Waals surface area contributed by atoms with Gasteiger partial charge < -0.3 is 19.5 Å². The summed E-state index contributed by atoms with van der Waals surface area (Å²) < 4.78 is 43.8. The van der Waals surface area contributed by atoms with Gasteiger partial charge in [-0.25, -0.2) is 8.42 Å². The molecule has 0 aliphatic carbocycles. The molecule has 1 amide bonds. The van der Waals surface area contributed by atoms with E-state index in [2.05, 4.69) is 10.0 Å². The number of sulfonamides is 1. The van der Waals surface area contributed by atoms with Gasteiger partial charge in [0.2, 0.25) is 6.79 Å². The number of carbonyl (C=O) groups excluding carboxylic acids is 1. The van der Waals surface area contributed by atoms with E-state index >= 15 is 0 Å². The molecule has 0 unspecified atom stereocenters. The highest BCUT2D eigenvalue weighted by Crippen LogP contribution is 2.34. The number of hydrogen-bond acceptors (Lipinski definition) is 6. The molecule has 3 rings (SSSR count). The van der Waals surface area contributed by atoms with Crippen LogP contribution in [0.5, 0.6) is 17.2 Å². The van der Waals surface area contributed by atoms with Crippen LogP contribution in [0.15, 0.2) is 47.4 Å². The van der Waals surface area contributed by atoms with E-state index in [0.29, 0.717) is 35.4 Å². The Hall–Kier alpha value is -2.94. The molecule has 9 heteroatoms. The SMILES string of the molecule is CC(C)CNC(=O)[C@@H](C)Oc1ccc(S(=O)(=O)Nc2ccc3c(c2)OCO3)cc1. The summed E-state index contributed by atoms with van der Waals surface area (Å²) in [6, 6.07) is 10.7. The zero-order chi connectivity index (χ0) is 21.0. The van der Waals surface area contributed by atoms with E-state index in [1.165, 1.54) is 24.3 Å². The average molecular weight is 420 g/mol. The fourth-order valence-corrected chi connectivity index (χ4v) is 3.63. The highest BCUT2D eigenvalue weighted by Gasteiger charge is 2.19. The van der Waals surface area contributed by atoms with E-state index in [1.54, 1.807) is 25.1 Å². The van der Waals surface area contributed by atoms with Crippen molar-refractivity contribution in [3.63, 3.8) is 0 Å². The third kappa shape index (κ3) is 5.32.